The number of anilines is 1. The van der Waals surface area contributed by atoms with Gasteiger partial charge < -0.3 is 14.7 Å². The molecule has 7 heteroatoms. The van der Waals surface area contributed by atoms with Crippen LogP contribution in [0.25, 0.3) is 11.1 Å². The molecule has 180 valence electrons. The minimum atomic E-state index is -0.878. The van der Waals surface area contributed by atoms with Crippen LogP contribution in [0.15, 0.2) is 72.8 Å². The Morgan fingerprint density at radius 1 is 0.914 bits per heavy atom. The molecule has 35 heavy (non-hydrogen) atoms. The summed E-state index contributed by atoms with van der Waals surface area (Å²) in [6.07, 6.45) is -0.141. The van der Waals surface area contributed by atoms with E-state index in [2.05, 4.69) is 29.6 Å². The summed E-state index contributed by atoms with van der Waals surface area (Å²) in [7, 11) is 0. The summed E-state index contributed by atoms with van der Waals surface area (Å²) in [5.41, 5.74) is 5.62. The molecule has 1 aliphatic rings. The molecule has 4 rings (SSSR count). The minimum Gasteiger partial charge on any atom is -0.481 e. The molecule has 0 saturated carbocycles. The van der Waals surface area contributed by atoms with Gasteiger partial charge in [-0.3, -0.25) is 14.9 Å². The number of carboxylic acid groups (broad SMARTS) is 1. The maximum atomic E-state index is 12.7. The minimum absolute atomic E-state index is 0.0192. The lowest BCUT2D eigenvalue weighted by Gasteiger charge is -2.20. The van der Waals surface area contributed by atoms with E-state index >= 15 is 0 Å². The summed E-state index contributed by atoms with van der Waals surface area (Å²) in [5, 5.41) is 11.5. The number of nitrogens with zero attached hydrogens (tertiary/aromatic N) is 1. The number of ether oxygens (including phenoxy) is 1. The van der Waals surface area contributed by atoms with E-state index in [1.54, 1.807) is 29.2 Å². The monoisotopic (exact) mass is 472 g/mol. The molecule has 7 nitrogen and oxygen atoms in total. The molecule has 0 aromatic heterocycles. The van der Waals surface area contributed by atoms with Crippen LogP contribution in [0.5, 0.6) is 0 Å². The van der Waals surface area contributed by atoms with Crippen LogP contribution in [0, 0.1) is 0 Å². The molecule has 0 atom stereocenters. The number of aliphatic carboxylic acids is 1. The first-order valence-corrected chi connectivity index (χ1v) is 11.7. The van der Waals surface area contributed by atoms with Crippen LogP contribution in [0.1, 0.15) is 47.2 Å². The van der Waals surface area contributed by atoms with Gasteiger partial charge in [0.1, 0.15) is 6.61 Å². The number of benzene rings is 3. The second kappa shape index (κ2) is 10.9. The zero-order valence-electron chi connectivity index (χ0n) is 19.6. The maximum absolute atomic E-state index is 12.7. The van der Waals surface area contributed by atoms with E-state index in [0.29, 0.717) is 30.8 Å². The van der Waals surface area contributed by atoms with Gasteiger partial charge >= 0.3 is 12.1 Å². The number of hydrogen-bond donors (Lipinski definition) is 2. The molecule has 0 unspecified atom stereocenters. The molecule has 2 N–H and O–H groups in total. The third kappa shape index (κ3) is 5.51. The van der Waals surface area contributed by atoms with Gasteiger partial charge in [0, 0.05) is 36.7 Å². The van der Waals surface area contributed by atoms with Crippen molar-refractivity contribution in [1.29, 1.82) is 0 Å². The third-order valence-corrected chi connectivity index (χ3v) is 6.21. The molecule has 0 saturated heterocycles. The van der Waals surface area contributed by atoms with Gasteiger partial charge in [-0.15, -0.1) is 0 Å². The van der Waals surface area contributed by atoms with Gasteiger partial charge in [-0.2, -0.15) is 0 Å². The van der Waals surface area contributed by atoms with Crippen molar-refractivity contribution in [3.8, 4) is 11.1 Å². The fourth-order valence-corrected chi connectivity index (χ4v) is 4.46. The second-order valence-corrected chi connectivity index (χ2v) is 8.41. The molecule has 0 radical (unpaired) electrons. The summed E-state index contributed by atoms with van der Waals surface area (Å²) < 4.78 is 5.57. The van der Waals surface area contributed by atoms with Gasteiger partial charge in [0.15, 0.2) is 0 Å². The van der Waals surface area contributed by atoms with Crippen molar-refractivity contribution in [1.82, 2.24) is 4.90 Å². The van der Waals surface area contributed by atoms with Gasteiger partial charge in [0.2, 0.25) is 0 Å². The molecular weight excluding hydrogens is 444 g/mol. The predicted octanol–water partition coefficient (Wildman–Crippen LogP) is 5.37. The van der Waals surface area contributed by atoms with Crippen molar-refractivity contribution >= 4 is 23.7 Å². The number of carbonyl (C=O) groups is 3. The number of nitrogens with one attached hydrogen (secondary N) is 1. The van der Waals surface area contributed by atoms with E-state index in [9.17, 15) is 14.4 Å². The van der Waals surface area contributed by atoms with E-state index in [-0.39, 0.29) is 24.9 Å². The molecule has 0 aliphatic heterocycles. The molecule has 0 bridgehead atoms. The van der Waals surface area contributed by atoms with E-state index in [0.717, 1.165) is 11.1 Å². The van der Waals surface area contributed by atoms with Crippen molar-refractivity contribution in [2.75, 3.05) is 25.0 Å². The molecule has 2 amide bonds. The largest absolute Gasteiger partial charge is 0.481 e. The number of fused-ring (bicyclic) bond motifs is 3. The molecule has 0 heterocycles. The molecule has 1 aliphatic carbocycles. The normalized spacial score (nSPS) is 11.9. The second-order valence-electron chi connectivity index (χ2n) is 8.41. The molecule has 0 fully saturated rings. The fourth-order valence-electron chi connectivity index (χ4n) is 4.46. The first-order chi connectivity index (χ1) is 17.0. The van der Waals surface area contributed by atoms with Crippen LogP contribution in [-0.2, 0) is 9.53 Å². The van der Waals surface area contributed by atoms with E-state index in [1.807, 2.05) is 31.2 Å². The zero-order valence-corrected chi connectivity index (χ0v) is 19.6. The van der Waals surface area contributed by atoms with Crippen molar-refractivity contribution in [3.05, 3.63) is 89.5 Å². The Labute approximate surface area is 204 Å². The summed E-state index contributed by atoms with van der Waals surface area (Å²) in [4.78, 5) is 37.5. The van der Waals surface area contributed by atoms with Crippen LogP contribution in [-0.4, -0.2) is 47.7 Å². The van der Waals surface area contributed by atoms with Crippen LogP contribution in [0.3, 0.4) is 0 Å². The highest BCUT2D eigenvalue weighted by molar-refractivity contribution is 5.95. The third-order valence-electron chi connectivity index (χ3n) is 6.21. The van der Waals surface area contributed by atoms with Crippen molar-refractivity contribution in [2.45, 2.75) is 25.7 Å². The fraction of sp³-hybridized carbons (Fsp3) is 0.250. The topological polar surface area (TPSA) is 95.9 Å². The van der Waals surface area contributed by atoms with Crippen LogP contribution < -0.4 is 5.32 Å². The number of hydrogen-bond acceptors (Lipinski definition) is 4. The Morgan fingerprint density at radius 2 is 1.51 bits per heavy atom. The Hall–Kier alpha value is -4.13. The van der Waals surface area contributed by atoms with Gasteiger partial charge in [0.25, 0.3) is 5.91 Å². The molecule has 0 spiro atoms. The number of rotatable bonds is 9. The van der Waals surface area contributed by atoms with Crippen LogP contribution >= 0.6 is 0 Å². The lowest BCUT2D eigenvalue weighted by atomic mass is 9.98. The van der Waals surface area contributed by atoms with Crippen molar-refractivity contribution in [2.24, 2.45) is 0 Å². The predicted molar refractivity (Wildman–Crippen MR) is 134 cm³/mol. The summed E-state index contributed by atoms with van der Waals surface area (Å²) in [6.45, 7) is 2.93. The Kier molecular flexibility index (Phi) is 7.45. The SMILES string of the molecule is CCN(CCCC(=O)O)C(=O)c1ccc(NC(=O)OCC2c3ccccc3-c3ccccc32)cc1. The lowest BCUT2D eigenvalue weighted by molar-refractivity contribution is -0.137. The molecular formula is C28H28N2O5. The lowest BCUT2D eigenvalue weighted by Crippen LogP contribution is -2.32. The summed E-state index contributed by atoms with van der Waals surface area (Å²) >= 11 is 0. The zero-order chi connectivity index (χ0) is 24.8. The van der Waals surface area contributed by atoms with Gasteiger partial charge in [0.05, 0.1) is 0 Å². The van der Waals surface area contributed by atoms with Gasteiger partial charge in [-0.25, -0.2) is 4.79 Å². The van der Waals surface area contributed by atoms with E-state index in [4.69, 9.17) is 9.84 Å². The number of carboxylic acids is 1. The van der Waals surface area contributed by atoms with Crippen molar-refractivity contribution in [3.63, 3.8) is 0 Å². The summed E-state index contributed by atoms with van der Waals surface area (Å²) in [5.74, 6) is -1.07. The highest BCUT2D eigenvalue weighted by Crippen LogP contribution is 2.44. The Balaban J connectivity index is 1.34. The Morgan fingerprint density at radius 3 is 2.09 bits per heavy atom. The highest BCUT2D eigenvalue weighted by Gasteiger charge is 2.29. The highest BCUT2D eigenvalue weighted by atomic mass is 16.5. The van der Waals surface area contributed by atoms with Crippen LogP contribution in [0.4, 0.5) is 10.5 Å². The maximum Gasteiger partial charge on any atom is 0.411 e. The molecule has 3 aromatic rings. The average Bonchev–Trinajstić information content (AvgIpc) is 3.19. The molecule has 3 aromatic carbocycles. The number of amides is 2. The summed E-state index contributed by atoms with van der Waals surface area (Å²) in [6, 6.07) is 22.9. The number of carbonyl (C=O) groups excluding carboxylic acids is 2. The van der Waals surface area contributed by atoms with Gasteiger partial charge in [-0.1, -0.05) is 48.5 Å². The first kappa shape index (κ1) is 24.0. The van der Waals surface area contributed by atoms with Crippen molar-refractivity contribution < 1.29 is 24.2 Å². The standard InChI is InChI=1S/C28H28N2O5/c1-2-30(17-7-12-26(31)32)27(33)19-13-15-20(16-14-19)29-28(34)35-18-25-23-10-5-3-8-21(23)22-9-4-6-11-24(22)25/h3-6,8-11,13-16,25H,2,7,12,17-18H2,1H3,(H,29,34)(H,31,32). The Bertz CT molecular complexity index is 1180. The van der Waals surface area contributed by atoms with Gasteiger partial charge in [-0.05, 0) is 59.9 Å². The van der Waals surface area contributed by atoms with E-state index < -0.39 is 12.1 Å². The average molecular weight is 473 g/mol. The van der Waals surface area contributed by atoms with Crippen LogP contribution in [0.2, 0.25) is 0 Å². The van der Waals surface area contributed by atoms with E-state index in [1.165, 1.54) is 11.1 Å². The first-order valence-electron chi connectivity index (χ1n) is 11.7. The smallest absolute Gasteiger partial charge is 0.411 e. The quantitative estimate of drug-likeness (QED) is 0.436.